The normalized spacial score (nSPS) is 26.8. The number of hydrogen-bond donors (Lipinski definition) is 2. The zero-order valence-electron chi connectivity index (χ0n) is 11.4. The third kappa shape index (κ3) is 3.67. The Labute approximate surface area is 116 Å². The Bertz CT molecular complexity index is 412. The number of rotatable bonds is 5. The van der Waals surface area contributed by atoms with Crippen LogP contribution in [0.25, 0.3) is 0 Å². The van der Waals surface area contributed by atoms with Crippen LogP contribution in [0.4, 0.5) is 0 Å². The van der Waals surface area contributed by atoms with Gasteiger partial charge >= 0.3 is 5.97 Å². The lowest BCUT2D eigenvalue weighted by molar-refractivity contribution is -0.132. The molecule has 2 aliphatic rings. The van der Waals surface area contributed by atoms with Gasteiger partial charge < -0.3 is 20.0 Å². The molecule has 2 N–H and O–H groups in total. The maximum Gasteiger partial charge on any atom is 0.353 e. The zero-order chi connectivity index (χ0) is 14.5. The highest BCUT2D eigenvalue weighted by atomic mass is 16.6. The van der Waals surface area contributed by atoms with Crippen molar-refractivity contribution in [2.45, 2.75) is 25.6 Å². The Hall–Kier alpha value is -1.67. The van der Waals surface area contributed by atoms with Crippen LogP contribution in [0, 0.1) is 0 Å². The maximum absolute atomic E-state index is 11.8. The third-order valence-corrected chi connectivity index (χ3v) is 3.38. The van der Waals surface area contributed by atoms with Crippen LogP contribution in [0.5, 0.6) is 0 Å². The summed E-state index contributed by atoms with van der Waals surface area (Å²) in [6.07, 6.45) is -0.908. The van der Waals surface area contributed by atoms with E-state index in [0.29, 0.717) is 13.2 Å². The minimum atomic E-state index is -1.16. The summed E-state index contributed by atoms with van der Waals surface area (Å²) in [5, 5.41) is 14.8. The first-order valence-corrected chi connectivity index (χ1v) is 6.67. The van der Waals surface area contributed by atoms with E-state index in [1.165, 1.54) is 0 Å². The first kappa shape index (κ1) is 14.7. The van der Waals surface area contributed by atoms with E-state index in [1.807, 2.05) is 0 Å². The molecule has 1 saturated heterocycles. The molecule has 1 amide bonds. The molecule has 2 atom stereocenters. The quantitative estimate of drug-likeness (QED) is 0.675. The van der Waals surface area contributed by atoms with Crippen LogP contribution in [0.15, 0.2) is 5.16 Å². The first-order valence-electron chi connectivity index (χ1n) is 6.67. The van der Waals surface area contributed by atoms with Crippen LogP contribution in [0.1, 0.15) is 13.3 Å². The monoisotopic (exact) mass is 285 g/mol. The molecule has 0 aromatic carbocycles. The number of aliphatic carboxylic acids is 1. The molecule has 0 aliphatic carbocycles. The standard InChI is InChI=1S/C12H19N3O5/c1-2-15-3-4-19-8(7-15)6-13-11(16)10-5-9(12(17)18)14-20-10/h8,10H,2-7H2,1H3,(H,13,16)(H,17,18). The molecule has 112 valence electrons. The Balaban J connectivity index is 1.72. The van der Waals surface area contributed by atoms with Crippen LogP contribution in [-0.4, -0.2) is 72.6 Å². The van der Waals surface area contributed by atoms with Crippen LogP contribution in [-0.2, 0) is 19.2 Å². The number of hydrogen-bond acceptors (Lipinski definition) is 6. The average molecular weight is 285 g/mol. The number of ether oxygens (including phenoxy) is 1. The zero-order valence-corrected chi connectivity index (χ0v) is 11.4. The second-order valence-corrected chi connectivity index (χ2v) is 4.77. The summed E-state index contributed by atoms with van der Waals surface area (Å²) >= 11 is 0. The van der Waals surface area contributed by atoms with Gasteiger partial charge in [0.1, 0.15) is 0 Å². The van der Waals surface area contributed by atoms with E-state index in [-0.39, 0.29) is 24.1 Å². The molecule has 8 nitrogen and oxygen atoms in total. The Morgan fingerprint density at radius 1 is 1.55 bits per heavy atom. The summed E-state index contributed by atoms with van der Waals surface area (Å²) in [5.74, 6) is -1.52. The van der Waals surface area contributed by atoms with Gasteiger partial charge in [-0.05, 0) is 6.54 Å². The van der Waals surface area contributed by atoms with Crippen molar-refractivity contribution >= 4 is 17.6 Å². The minimum absolute atomic E-state index is 0.00618. The summed E-state index contributed by atoms with van der Waals surface area (Å²) in [4.78, 5) is 29.6. The van der Waals surface area contributed by atoms with Gasteiger partial charge in [-0.2, -0.15) is 0 Å². The van der Waals surface area contributed by atoms with Gasteiger partial charge in [0.15, 0.2) is 5.71 Å². The van der Waals surface area contributed by atoms with E-state index in [2.05, 4.69) is 22.3 Å². The predicted octanol–water partition coefficient (Wildman–Crippen LogP) is -0.947. The van der Waals surface area contributed by atoms with Crippen molar-refractivity contribution in [3.05, 3.63) is 0 Å². The second-order valence-electron chi connectivity index (χ2n) is 4.77. The maximum atomic E-state index is 11.8. The van der Waals surface area contributed by atoms with Crippen molar-refractivity contribution in [3.63, 3.8) is 0 Å². The summed E-state index contributed by atoms with van der Waals surface area (Å²) in [5.41, 5.74) is -0.128. The van der Waals surface area contributed by atoms with E-state index in [1.54, 1.807) is 0 Å². The fourth-order valence-electron chi connectivity index (χ4n) is 2.16. The molecule has 2 rings (SSSR count). The number of carboxylic acid groups (broad SMARTS) is 1. The van der Waals surface area contributed by atoms with E-state index >= 15 is 0 Å². The molecule has 8 heteroatoms. The van der Waals surface area contributed by atoms with E-state index in [0.717, 1.165) is 19.6 Å². The number of amides is 1. The van der Waals surface area contributed by atoms with Crippen molar-refractivity contribution in [1.82, 2.24) is 10.2 Å². The number of carbonyl (C=O) groups is 2. The molecule has 1 fully saturated rings. The van der Waals surface area contributed by atoms with E-state index in [9.17, 15) is 9.59 Å². The molecule has 0 bridgehead atoms. The number of carbonyl (C=O) groups excluding carboxylic acids is 1. The third-order valence-electron chi connectivity index (χ3n) is 3.38. The van der Waals surface area contributed by atoms with Crippen molar-refractivity contribution in [1.29, 1.82) is 0 Å². The first-order chi connectivity index (χ1) is 9.60. The van der Waals surface area contributed by atoms with Gasteiger partial charge in [0.2, 0.25) is 6.10 Å². The SMILES string of the molecule is CCN1CCOC(CNC(=O)C2CC(C(=O)O)=NO2)C1. The molecule has 20 heavy (non-hydrogen) atoms. The van der Waals surface area contributed by atoms with Gasteiger partial charge in [-0.25, -0.2) is 4.79 Å². The summed E-state index contributed by atoms with van der Waals surface area (Å²) in [6.45, 7) is 5.76. The molecular formula is C12H19N3O5. The summed E-state index contributed by atoms with van der Waals surface area (Å²) < 4.78 is 5.56. The fourth-order valence-corrected chi connectivity index (χ4v) is 2.16. The predicted molar refractivity (Wildman–Crippen MR) is 69.4 cm³/mol. The summed E-state index contributed by atoms with van der Waals surface area (Å²) in [7, 11) is 0. The van der Waals surface area contributed by atoms with Crippen LogP contribution < -0.4 is 5.32 Å². The number of nitrogens with one attached hydrogen (secondary N) is 1. The van der Waals surface area contributed by atoms with Gasteiger partial charge in [-0.15, -0.1) is 0 Å². The molecule has 0 spiro atoms. The Morgan fingerprint density at radius 3 is 3.00 bits per heavy atom. The lowest BCUT2D eigenvalue weighted by atomic mass is 10.1. The molecule has 2 heterocycles. The van der Waals surface area contributed by atoms with Crippen LogP contribution in [0.3, 0.4) is 0 Å². The van der Waals surface area contributed by atoms with Crippen LogP contribution in [0.2, 0.25) is 0 Å². The lowest BCUT2D eigenvalue weighted by Gasteiger charge is -2.32. The van der Waals surface area contributed by atoms with Gasteiger partial charge in [0.25, 0.3) is 5.91 Å². The summed E-state index contributed by atoms with van der Waals surface area (Å²) in [6, 6.07) is 0. The number of nitrogens with zero attached hydrogens (tertiary/aromatic N) is 2. The number of morpholine rings is 1. The van der Waals surface area contributed by atoms with Crippen molar-refractivity contribution in [2.24, 2.45) is 5.16 Å². The molecule has 0 aromatic rings. The Kier molecular flexibility index (Phi) is 4.91. The van der Waals surface area contributed by atoms with Crippen molar-refractivity contribution in [3.8, 4) is 0 Å². The molecule has 0 radical (unpaired) electrons. The topological polar surface area (TPSA) is 100 Å². The molecule has 2 unspecified atom stereocenters. The number of likely N-dealkylation sites (N-methyl/N-ethyl adjacent to an activating group) is 1. The number of carboxylic acids is 1. The van der Waals surface area contributed by atoms with Gasteiger partial charge in [-0.1, -0.05) is 12.1 Å². The average Bonchev–Trinajstić information content (AvgIpc) is 2.95. The smallest absolute Gasteiger partial charge is 0.353 e. The Morgan fingerprint density at radius 2 is 2.35 bits per heavy atom. The highest BCUT2D eigenvalue weighted by Gasteiger charge is 2.32. The number of oxime groups is 1. The van der Waals surface area contributed by atoms with Gasteiger partial charge in [0, 0.05) is 26.1 Å². The fraction of sp³-hybridized carbons (Fsp3) is 0.750. The van der Waals surface area contributed by atoms with Gasteiger partial charge in [0.05, 0.1) is 12.7 Å². The van der Waals surface area contributed by atoms with Crippen LogP contribution >= 0.6 is 0 Å². The van der Waals surface area contributed by atoms with Crippen molar-refractivity contribution < 1.29 is 24.3 Å². The van der Waals surface area contributed by atoms with E-state index < -0.39 is 12.1 Å². The molecular weight excluding hydrogens is 266 g/mol. The lowest BCUT2D eigenvalue weighted by Crippen LogP contribution is -2.48. The van der Waals surface area contributed by atoms with E-state index in [4.69, 9.17) is 14.7 Å². The molecule has 2 aliphatic heterocycles. The minimum Gasteiger partial charge on any atom is -0.477 e. The van der Waals surface area contributed by atoms with Crippen molar-refractivity contribution in [2.75, 3.05) is 32.8 Å². The second kappa shape index (κ2) is 6.67. The highest BCUT2D eigenvalue weighted by Crippen LogP contribution is 2.11. The molecule has 0 saturated carbocycles. The largest absolute Gasteiger partial charge is 0.477 e. The highest BCUT2D eigenvalue weighted by molar-refractivity contribution is 6.36. The van der Waals surface area contributed by atoms with Gasteiger partial charge in [-0.3, -0.25) is 9.69 Å². The molecule has 0 aromatic heterocycles.